The van der Waals surface area contributed by atoms with Gasteiger partial charge in [0.2, 0.25) is 15.9 Å². The summed E-state index contributed by atoms with van der Waals surface area (Å²) in [6.45, 7) is 0.425. The van der Waals surface area contributed by atoms with Crippen molar-refractivity contribution in [3.63, 3.8) is 0 Å². The highest BCUT2D eigenvalue weighted by Crippen LogP contribution is 2.38. The summed E-state index contributed by atoms with van der Waals surface area (Å²) in [6.07, 6.45) is 4.40. The lowest BCUT2D eigenvalue weighted by atomic mass is 9.85. The van der Waals surface area contributed by atoms with Crippen molar-refractivity contribution in [1.29, 1.82) is 0 Å². The fourth-order valence-electron chi connectivity index (χ4n) is 4.74. The van der Waals surface area contributed by atoms with Crippen LogP contribution in [0.3, 0.4) is 0 Å². The van der Waals surface area contributed by atoms with Crippen LogP contribution >= 0.6 is 11.6 Å². The summed E-state index contributed by atoms with van der Waals surface area (Å²) >= 11 is 6.03. The van der Waals surface area contributed by atoms with Crippen molar-refractivity contribution in [3.05, 3.63) is 94.3 Å². The Bertz CT molecular complexity index is 1450. The summed E-state index contributed by atoms with van der Waals surface area (Å²) in [5.41, 5.74) is 7.97. The Morgan fingerprint density at radius 3 is 2.55 bits per heavy atom. The van der Waals surface area contributed by atoms with E-state index in [9.17, 15) is 22.0 Å². The van der Waals surface area contributed by atoms with Crippen LogP contribution in [0.5, 0.6) is 0 Å². The summed E-state index contributed by atoms with van der Waals surface area (Å²) < 4.78 is 55.1. The van der Waals surface area contributed by atoms with E-state index in [2.05, 4.69) is 10.3 Å². The number of amides is 1. The van der Waals surface area contributed by atoms with Crippen LogP contribution in [0.2, 0.25) is 5.02 Å². The van der Waals surface area contributed by atoms with Gasteiger partial charge in [-0.2, -0.15) is 4.31 Å². The van der Waals surface area contributed by atoms with Crippen LogP contribution in [-0.4, -0.2) is 47.5 Å². The van der Waals surface area contributed by atoms with Crippen molar-refractivity contribution in [2.24, 2.45) is 5.73 Å². The molecule has 5 rings (SSSR count). The van der Waals surface area contributed by atoms with E-state index in [0.29, 0.717) is 42.0 Å². The molecule has 38 heavy (non-hydrogen) atoms. The summed E-state index contributed by atoms with van der Waals surface area (Å²) in [6, 6.07) is 11.3. The lowest BCUT2D eigenvalue weighted by Crippen LogP contribution is -2.41. The Morgan fingerprint density at radius 1 is 1.13 bits per heavy atom. The summed E-state index contributed by atoms with van der Waals surface area (Å²) in [5, 5.41) is 2.91. The smallest absolute Gasteiger partial charge is 0.242 e. The number of nitrogens with one attached hydrogen (secondary N) is 1. The number of aromatic nitrogens is 1. The zero-order valence-electron chi connectivity index (χ0n) is 20.4. The summed E-state index contributed by atoms with van der Waals surface area (Å²) in [5.74, 6) is -2.38. The molecule has 4 atom stereocenters. The number of hydrogen-bond donors (Lipinski definition) is 2. The molecule has 2 aliphatic rings. The highest BCUT2D eigenvalue weighted by atomic mass is 35.5. The molecule has 0 bridgehead atoms. The number of nitrogens with two attached hydrogens (primary N) is 1. The molecular formula is C27H27ClF2N4O3S. The van der Waals surface area contributed by atoms with Crippen molar-refractivity contribution in [2.45, 2.75) is 48.9 Å². The topological polar surface area (TPSA) is 105 Å². The van der Waals surface area contributed by atoms with E-state index in [1.54, 1.807) is 30.3 Å². The Balaban J connectivity index is 1.33. The molecule has 1 saturated heterocycles. The number of carbonyl (C=O) groups excluding carboxylic acids is 1. The number of pyridine rings is 1. The van der Waals surface area contributed by atoms with Gasteiger partial charge in [0.1, 0.15) is 11.6 Å². The molecule has 7 nitrogen and oxygen atoms in total. The van der Waals surface area contributed by atoms with Gasteiger partial charge in [0, 0.05) is 29.1 Å². The summed E-state index contributed by atoms with van der Waals surface area (Å²) in [7, 11) is -3.26. The molecule has 1 aliphatic carbocycles. The maximum absolute atomic E-state index is 14.8. The molecule has 11 heteroatoms. The molecule has 1 amide bonds. The quantitative estimate of drug-likeness (QED) is 0.361. The van der Waals surface area contributed by atoms with Crippen molar-refractivity contribution >= 4 is 33.2 Å². The van der Waals surface area contributed by atoms with Crippen LogP contribution in [0.15, 0.2) is 60.9 Å². The van der Waals surface area contributed by atoms with E-state index in [0.717, 1.165) is 6.20 Å². The molecule has 2 aromatic carbocycles. The average molecular weight is 561 g/mol. The molecular weight excluding hydrogens is 534 g/mol. The number of hydrogen-bond acceptors (Lipinski definition) is 5. The van der Waals surface area contributed by atoms with Crippen LogP contribution in [0.4, 0.5) is 14.5 Å². The standard InChI is InChI=1S/C27H27ClF2N4O3S/c28-18-6-4-16(5-7-18)25(17-2-1-3-19(29)12-17)26(31)27(35)33-24-14-32-13-23(30)22(24)11-8-20-15-34(20)38(36,37)21-9-10-21/h1-7,12-14,20-21,25-26H,8-11,15,31H2,(H,33,35)/t20-,25-,26-,34?/m0/s1. The first-order valence-corrected chi connectivity index (χ1v) is 14.2. The SMILES string of the molecule is N[C@H](C(=O)Nc1cncc(F)c1CC[C@H]1CN1S(=O)(=O)C1CC1)[C@@H](c1ccc(Cl)cc1)c1cccc(F)c1. The van der Waals surface area contributed by atoms with Gasteiger partial charge in [-0.05, 0) is 61.1 Å². The van der Waals surface area contributed by atoms with Gasteiger partial charge in [-0.3, -0.25) is 9.78 Å². The third-order valence-corrected chi connectivity index (χ3v) is 9.69. The first-order chi connectivity index (χ1) is 18.1. The van der Waals surface area contributed by atoms with E-state index < -0.39 is 39.5 Å². The molecule has 1 unspecified atom stereocenters. The van der Waals surface area contributed by atoms with E-state index in [4.69, 9.17) is 17.3 Å². The van der Waals surface area contributed by atoms with Gasteiger partial charge < -0.3 is 11.1 Å². The van der Waals surface area contributed by atoms with Gasteiger partial charge in [-0.1, -0.05) is 35.9 Å². The highest BCUT2D eigenvalue weighted by molar-refractivity contribution is 7.90. The second-order valence-corrected chi connectivity index (χ2v) is 12.4. The lowest BCUT2D eigenvalue weighted by molar-refractivity contribution is -0.117. The minimum absolute atomic E-state index is 0.164. The van der Waals surface area contributed by atoms with E-state index in [1.807, 2.05) is 0 Å². The Hall–Kier alpha value is -2.92. The zero-order valence-corrected chi connectivity index (χ0v) is 21.9. The van der Waals surface area contributed by atoms with E-state index >= 15 is 0 Å². The molecule has 0 spiro atoms. The zero-order chi connectivity index (χ0) is 27.0. The average Bonchev–Trinajstić information content (AvgIpc) is 3.79. The molecule has 3 N–H and O–H groups in total. The Morgan fingerprint density at radius 2 is 1.87 bits per heavy atom. The summed E-state index contributed by atoms with van der Waals surface area (Å²) in [4.78, 5) is 17.2. The van der Waals surface area contributed by atoms with Gasteiger partial charge in [-0.15, -0.1) is 0 Å². The maximum Gasteiger partial charge on any atom is 0.242 e. The second kappa shape index (κ2) is 10.7. The van der Waals surface area contributed by atoms with Crippen molar-refractivity contribution in [2.75, 3.05) is 11.9 Å². The number of carbonyl (C=O) groups is 1. The Kier molecular flexibility index (Phi) is 7.50. The van der Waals surface area contributed by atoms with Gasteiger partial charge >= 0.3 is 0 Å². The Labute approximate surface area is 225 Å². The number of benzene rings is 2. The van der Waals surface area contributed by atoms with Crippen molar-refractivity contribution < 1.29 is 22.0 Å². The predicted molar refractivity (Wildman–Crippen MR) is 141 cm³/mol. The number of halogens is 3. The first-order valence-electron chi connectivity index (χ1n) is 12.4. The fraction of sp³-hybridized carbons (Fsp3) is 0.333. The third-order valence-electron chi connectivity index (χ3n) is 7.03. The van der Waals surface area contributed by atoms with Gasteiger partial charge in [0.05, 0.1) is 29.4 Å². The normalized spacial score (nSPS) is 20.5. The minimum atomic E-state index is -3.26. The molecule has 1 aromatic heterocycles. The molecule has 3 aromatic rings. The number of nitrogens with zero attached hydrogens (tertiary/aromatic N) is 2. The maximum atomic E-state index is 14.8. The molecule has 1 aliphatic heterocycles. The number of sulfonamides is 1. The van der Waals surface area contributed by atoms with Gasteiger partial charge in [0.15, 0.2) is 0 Å². The highest BCUT2D eigenvalue weighted by Gasteiger charge is 2.50. The van der Waals surface area contributed by atoms with Crippen LogP contribution in [0, 0.1) is 11.6 Å². The molecule has 2 fully saturated rings. The monoisotopic (exact) mass is 560 g/mol. The number of rotatable bonds is 10. The first kappa shape index (κ1) is 26.7. The van der Waals surface area contributed by atoms with Crippen LogP contribution < -0.4 is 11.1 Å². The van der Waals surface area contributed by atoms with Crippen LogP contribution in [0.1, 0.15) is 41.9 Å². The van der Waals surface area contributed by atoms with E-state index in [-0.39, 0.29) is 29.0 Å². The predicted octanol–water partition coefficient (Wildman–Crippen LogP) is 4.22. The second-order valence-electron chi connectivity index (χ2n) is 9.75. The number of anilines is 1. The van der Waals surface area contributed by atoms with Gasteiger partial charge in [-0.25, -0.2) is 17.2 Å². The van der Waals surface area contributed by atoms with Crippen LogP contribution in [-0.2, 0) is 21.2 Å². The largest absolute Gasteiger partial charge is 0.323 e. The molecule has 200 valence electrons. The minimum Gasteiger partial charge on any atom is -0.323 e. The van der Waals surface area contributed by atoms with Crippen LogP contribution in [0.25, 0.3) is 0 Å². The van der Waals surface area contributed by atoms with E-state index in [1.165, 1.54) is 28.7 Å². The van der Waals surface area contributed by atoms with Gasteiger partial charge in [0.25, 0.3) is 0 Å². The third kappa shape index (κ3) is 5.73. The molecule has 2 heterocycles. The fourth-order valence-corrected chi connectivity index (χ4v) is 6.89. The van der Waals surface area contributed by atoms with Crippen molar-refractivity contribution in [1.82, 2.24) is 9.29 Å². The molecule has 0 radical (unpaired) electrons. The van der Waals surface area contributed by atoms with Crippen molar-refractivity contribution in [3.8, 4) is 0 Å². The molecule has 1 saturated carbocycles. The lowest BCUT2D eigenvalue weighted by Gasteiger charge is -2.25.